The second-order valence-corrected chi connectivity index (χ2v) is 8.04. The molecule has 0 aromatic heterocycles. The Kier molecular flexibility index (Phi) is 16.3. The number of hydrogen-bond acceptors (Lipinski definition) is 1. The molecule has 0 spiro atoms. The van der Waals surface area contributed by atoms with Gasteiger partial charge in [-0.3, -0.25) is 0 Å². The van der Waals surface area contributed by atoms with Crippen LogP contribution in [0, 0.1) is 0 Å². The summed E-state index contributed by atoms with van der Waals surface area (Å²) in [5.74, 6) is 6.92. The molecule has 0 radical (unpaired) electrons. The molecule has 0 atom stereocenters. The van der Waals surface area contributed by atoms with Gasteiger partial charge in [0.25, 0.3) is 14.1 Å². The fourth-order valence-corrected chi connectivity index (χ4v) is 1.28. The summed E-state index contributed by atoms with van der Waals surface area (Å²) in [7, 11) is 0. The summed E-state index contributed by atoms with van der Waals surface area (Å²) in [6.45, 7) is 10.6. The van der Waals surface area contributed by atoms with E-state index in [0.717, 1.165) is 0 Å². The Hall–Kier alpha value is 0.492. The molecule has 2 heteroatoms. The molecule has 0 aliphatic rings. The molecular formula is C12H30AlN. The zero-order chi connectivity index (χ0) is 11.4. The SMILES string of the molecule is CCCN(CCC)CCC.[CH3][Al]([CH3])[CH3]. The van der Waals surface area contributed by atoms with Gasteiger partial charge in [0.05, 0.1) is 0 Å². The Morgan fingerprint density at radius 2 is 0.929 bits per heavy atom. The van der Waals surface area contributed by atoms with Gasteiger partial charge in [-0.15, -0.1) is 17.4 Å². The lowest BCUT2D eigenvalue weighted by atomic mass is 10.3. The maximum Gasteiger partial charge on any atom is 0.251 e. The van der Waals surface area contributed by atoms with Crippen molar-refractivity contribution in [3.05, 3.63) is 0 Å². The summed E-state index contributed by atoms with van der Waals surface area (Å²) in [6, 6.07) is 0. The van der Waals surface area contributed by atoms with Crippen LogP contribution in [-0.2, 0) is 0 Å². The van der Waals surface area contributed by atoms with Gasteiger partial charge >= 0.3 is 0 Å². The second kappa shape index (κ2) is 13.5. The van der Waals surface area contributed by atoms with Crippen LogP contribution in [0.2, 0.25) is 17.4 Å². The first-order valence-electron chi connectivity index (χ1n) is 6.30. The van der Waals surface area contributed by atoms with Crippen LogP contribution in [0.1, 0.15) is 40.0 Å². The molecule has 0 N–H and O–H groups in total. The second-order valence-electron chi connectivity index (χ2n) is 4.57. The topological polar surface area (TPSA) is 3.24 Å². The molecule has 0 bridgehead atoms. The zero-order valence-electron chi connectivity index (χ0n) is 11.3. The lowest BCUT2D eigenvalue weighted by molar-refractivity contribution is 0.275. The van der Waals surface area contributed by atoms with Crippen molar-refractivity contribution in [1.29, 1.82) is 0 Å². The van der Waals surface area contributed by atoms with E-state index in [4.69, 9.17) is 0 Å². The predicted octanol–water partition coefficient (Wildman–Crippen LogP) is 3.89. The van der Waals surface area contributed by atoms with Crippen molar-refractivity contribution in [2.45, 2.75) is 57.4 Å². The van der Waals surface area contributed by atoms with Gasteiger partial charge in [0.15, 0.2) is 0 Å². The average molecular weight is 215 g/mol. The fourth-order valence-electron chi connectivity index (χ4n) is 1.28. The highest BCUT2D eigenvalue weighted by atomic mass is 27.2. The smallest absolute Gasteiger partial charge is 0.251 e. The van der Waals surface area contributed by atoms with Crippen molar-refractivity contribution < 1.29 is 0 Å². The molecule has 0 aliphatic carbocycles. The highest BCUT2D eigenvalue weighted by molar-refractivity contribution is 6.54. The van der Waals surface area contributed by atoms with Crippen molar-refractivity contribution >= 4 is 14.1 Å². The number of hydrogen-bond donors (Lipinski definition) is 0. The third-order valence-electron chi connectivity index (χ3n) is 1.62. The van der Waals surface area contributed by atoms with Crippen molar-refractivity contribution in [3.63, 3.8) is 0 Å². The van der Waals surface area contributed by atoms with Crippen LogP contribution in [-0.4, -0.2) is 38.7 Å². The molecule has 0 aliphatic heterocycles. The highest BCUT2D eigenvalue weighted by Gasteiger charge is 1.98. The molecule has 0 aromatic rings. The summed E-state index contributed by atoms with van der Waals surface area (Å²) in [6.07, 6.45) is 3.88. The van der Waals surface area contributed by atoms with Crippen molar-refractivity contribution in [1.82, 2.24) is 4.90 Å². The molecule has 0 fully saturated rings. The normalized spacial score (nSPS) is 9.64. The third-order valence-corrected chi connectivity index (χ3v) is 1.62. The van der Waals surface area contributed by atoms with Gasteiger partial charge in [-0.05, 0) is 38.9 Å². The van der Waals surface area contributed by atoms with E-state index in [1.54, 1.807) is 0 Å². The minimum absolute atomic E-state index is 0.139. The van der Waals surface area contributed by atoms with Crippen molar-refractivity contribution in [3.8, 4) is 0 Å². The largest absolute Gasteiger partial charge is 0.303 e. The summed E-state index contributed by atoms with van der Waals surface area (Å²) >= 11 is -0.139. The van der Waals surface area contributed by atoms with Crippen LogP contribution in [0.15, 0.2) is 0 Å². The molecular weight excluding hydrogens is 185 g/mol. The first-order chi connectivity index (χ1) is 6.58. The van der Waals surface area contributed by atoms with Crippen molar-refractivity contribution in [2.75, 3.05) is 19.6 Å². The van der Waals surface area contributed by atoms with Crippen LogP contribution >= 0.6 is 0 Å². The summed E-state index contributed by atoms with van der Waals surface area (Å²) in [4.78, 5) is 2.54. The minimum Gasteiger partial charge on any atom is -0.303 e. The third kappa shape index (κ3) is 18.3. The van der Waals surface area contributed by atoms with Gasteiger partial charge in [-0.1, -0.05) is 20.8 Å². The molecule has 14 heavy (non-hydrogen) atoms. The van der Waals surface area contributed by atoms with E-state index >= 15 is 0 Å². The molecule has 0 saturated carbocycles. The highest BCUT2D eigenvalue weighted by Crippen LogP contribution is 1.94. The minimum atomic E-state index is -0.139. The maximum absolute atomic E-state index is 2.54. The first kappa shape index (κ1) is 16.9. The van der Waals surface area contributed by atoms with Gasteiger partial charge in [0, 0.05) is 0 Å². The molecule has 0 unspecified atom stereocenters. The van der Waals surface area contributed by atoms with E-state index in [0.29, 0.717) is 0 Å². The summed E-state index contributed by atoms with van der Waals surface area (Å²) in [5.41, 5.74) is 0. The van der Waals surface area contributed by atoms with Crippen LogP contribution in [0.25, 0.3) is 0 Å². The molecule has 0 heterocycles. The lowest BCUT2D eigenvalue weighted by Crippen LogP contribution is -2.25. The molecule has 0 amide bonds. The Labute approximate surface area is 96.3 Å². The lowest BCUT2D eigenvalue weighted by Gasteiger charge is -2.19. The van der Waals surface area contributed by atoms with E-state index in [9.17, 15) is 0 Å². The van der Waals surface area contributed by atoms with Gasteiger partial charge in [0.1, 0.15) is 0 Å². The Balaban J connectivity index is 0. The standard InChI is InChI=1S/C9H21N.3CH3.Al/c1-4-7-10(8-5-2)9-6-3;;;;/h4-9H2,1-3H3;3*1H3;. The monoisotopic (exact) mass is 215 g/mol. The Morgan fingerprint density at radius 1 is 0.714 bits per heavy atom. The molecule has 0 aromatic carbocycles. The van der Waals surface area contributed by atoms with Gasteiger partial charge in [-0.25, -0.2) is 0 Å². The van der Waals surface area contributed by atoms with Gasteiger partial charge in [-0.2, -0.15) is 0 Å². The molecule has 1 nitrogen and oxygen atoms in total. The number of nitrogens with zero attached hydrogens (tertiary/aromatic N) is 1. The van der Waals surface area contributed by atoms with E-state index in [1.165, 1.54) is 38.9 Å². The fraction of sp³-hybridized carbons (Fsp3) is 1.00. The summed E-state index contributed by atoms with van der Waals surface area (Å²) in [5, 5.41) is 0. The van der Waals surface area contributed by atoms with Crippen LogP contribution in [0.4, 0.5) is 0 Å². The maximum atomic E-state index is 2.54. The van der Waals surface area contributed by atoms with Gasteiger partial charge < -0.3 is 4.90 Å². The van der Waals surface area contributed by atoms with Crippen LogP contribution in [0.5, 0.6) is 0 Å². The number of rotatable bonds is 6. The Morgan fingerprint density at radius 3 is 1.07 bits per heavy atom. The van der Waals surface area contributed by atoms with E-state index in [2.05, 4.69) is 43.0 Å². The zero-order valence-corrected chi connectivity index (χ0v) is 12.4. The average Bonchev–Trinajstić information content (AvgIpc) is 2.04. The quantitative estimate of drug-likeness (QED) is 0.608. The molecule has 0 rings (SSSR count). The molecule has 0 saturated heterocycles. The predicted molar refractivity (Wildman–Crippen MR) is 70.7 cm³/mol. The molecule has 86 valence electrons. The van der Waals surface area contributed by atoms with Crippen LogP contribution in [0.3, 0.4) is 0 Å². The van der Waals surface area contributed by atoms with Gasteiger partial charge in [0.2, 0.25) is 0 Å². The van der Waals surface area contributed by atoms with E-state index in [1.807, 2.05) is 0 Å². The van der Waals surface area contributed by atoms with Crippen LogP contribution < -0.4 is 0 Å². The van der Waals surface area contributed by atoms with Crippen molar-refractivity contribution in [2.24, 2.45) is 0 Å². The first-order valence-corrected chi connectivity index (χ1v) is 9.77. The Bertz CT molecular complexity index is 77.3. The summed E-state index contributed by atoms with van der Waals surface area (Å²) < 4.78 is 0. The van der Waals surface area contributed by atoms with E-state index < -0.39 is 0 Å². The van der Waals surface area contributed by atoms with E-state index in [-0.39, 0.29) is 14.1 Å².